The second kappa shape index (κ2) is 8.15. The van der Waals surface area contributed by atoms with Gasteiger partial charge < -0.3 is 15.3 Å². The van der Waals surface area contributed by atoms with Gasteiger partial charge in [0.15, 0.2) is 0 Å². The maximum absolute atomic E-state index is 11.0. The third-order valence-electron chi connectivity index (χ3n) is 10.2. The molecule has 0 amide bonds. The average molecular weight is 429 g/mol. The van der Waals surface area contributed by atoms with Crippen LogP contribution in [0.1, 0.15) is 92.4 Å². The molecule has 0 aromatic heterocycles. The molecule has 0 bridgehead atoms. The molecular formula is C28H44O3. The third kappa shape index (κ3) is 3.60. The topological polar surface area (TPSA) is 60.7 Å². The molecule has 7 atom stereocenters. The van der Waals surface area contributed by atoms with Gasteiger partial charge >= 0.3 is 0 Å². The Morgan fingerprint density at radius 1 is 1.13 bits per heavy atom. The Labute approximate surface area is 189 Å². The van der Waals surface area contributed by atoms with Gasteiger partial charge in [0.25, 0.3) is 0 Å². The number of rotatable bonds is 6. The van der Waals surface area contributed by atoms with Crippen LogP contribution in [0, 0.1) is 28.6 Å². The first-order valence-electron chi connectivity index (χ1n) is 12.8. The van der Waals surface area contributed by atoms with E-state index in [0.29, 0.717) is 30.6 Å². The molecule has 0 aliphatic heterocycles. The monoisotopic (exact) mass is 428 g/mol. The lowest BCUT2D eigenvalue weighted by Gasteiger charge is -2.56. The van der Waals surface area contributed by atoms with Crippen molar-refractivity contribution in [1.82, 2.24) is 0 Å². The summed E-state index contributed by atoms with van der Waals surface area (Å²) in [5.74, 6) is 1.41. The predicted molar refractivity (Wildman–Crippen MR) is 126 cm³/mol. The molecule has 2 unspecified atom stereocenters. The summed E-state index contributed by atoms with van der Waals surface area (Å²) >= 11 is 0. The lowest BCUT2D eigenvalue weighted by atomic mass is 9.49. The first-order valence-corrected chi connectivity index (χ1v) is 12.8. The molecule has 2 fully saturated rings. The molecule has 2 saturated carbocycles. The summed E-state index contributed by atoms with van der Waals surface area (Å²) in [4.78, 5) is 0. The summed E-state index contributed by atoms with van der Waals surface area (Å²) in [5.41, 5.74) is 3.83. The van der Waals surface area contributed by atoms with Gasteiger partial charge in [0, 0.05) is 11.8 Å². The van der Waals surface area contributed by atoms with Crippen molar-refractivity contribution in [3.05, 3.63) is 34.9 Å². The van der Waals surface area contributed by atoms with E-state index in [0.717, 1.165) is 38.5 Å². The van der Waals surface area contributed by atoms with E-state index in [1.54, 1.807) is 5.57 Å². The van der Waals surface area contributed by atoms with E-state index in [4.69, 9.17) is 0 Å². The van der Waals surface area contributed by atoms with Crippen LogP contribution in [0.2, 0.25) is 0 Å². The van der Waals surface area contributed by atoms with Gasteiger partial charge in [0.1, 0.15) is 0 Å². The Bertz CT molecular complexity index is 788. The molecule has 174 valence electrons. The van der Waals surface area contributed by atoms with Crippen molar-refractivity contribution >= 4 is 0 Å². The van der Waals surface area contributed by atoms with Crippen molar-refractivity contribution in [3.63, 3.8) is 0 Å². The highest BCUT2D eigenvalue weighted by molar-refractivity contribution is 5.43. The van der Waals surface area contributed by atoms with E-state index >= 15 is 0 Å². The Balaban J connectivity index is 1.55. The first kappa shape index (κ1) is 23.3. The number of aliphatic hydroxyl groups excluding tert-OH is 2. The molecule has 31 heavy (non-hydrogen) atoms. The molecule has 0 saturated heterocycles. The second-order valence-electron chi connectivity index (χ2n) is 11.6. The van der Waals surface area contributed by atoms with Crippen molar-refractivity contribution in [2.24, 2.45) is 28.6 Å². The van der Waals surface area contributed by atoms with Gasteiger partial charge in [-0.1, -0.05) is 69.6 Å². The van der Waals surface area contributed by atoms with E-state index in [9.17, 15) is 15.3 Å². The van der Waals surface area contributed by atoms with Gasteiger partial charge in [0.05, 0.1) is 17.8 Å². The average Bonchev–Trinajstić information content (AvgIpc) is 3.10. The van der Waals surface area contributed by atoms with E-state index in [-0.39, 0.29) is 10.8 Å². The molecule has 0 aromatic rings. The van der Waals surface area contributed by atoms with E-state index in [1.807, 2.05) is 0 Å². The highest BCUT2D eigenvalue weighted by Gasteiger charge is 2.57. The standard InChI is InChI=1S/C28H44O3/c1-6-28(31,7-2)15-12-18(3)22-10-11-23-21-9-8-19-16-20(29)17-25(30)27(19,5)24(21)13-14-26(22,23)4/h8-10,18,20,23-25,29-31H,6-7,11-17H2,1-5H3/t18-,20+,23?,24?,25-,26+,27-/m0/s1. The summed E-state index contributed by atoms with van der Waals surface area (Å²) in [6.07, 6.45) is 14.4. The molecule has 0 aromatic carbocycles. The largest absolute Gasteiger partial charge is 0.393 e. The quantitative estimate of drug-likeness (QED) is 0.475. The SMILES string of the molecule is CCC(O)(CC)CC[C@H](C)C1=CCC2C3=CC=C4C[C@@H](O)C[C@H](O)[C@]4(C)C3CC[C@]12C. The molecule has 0 heterocycles. The summed E-state index contributed by atoms with van der Waals surface area (Å²) < 4.78 is 0. The summed E-state index contributed by atoms with van der Waals surface area (Å²) in [6, 6.07) is 0. The minimum Gasteiger partial charge on any atom is -0.393 e. The lowest BCUT2D eigenvalue weighted by molar-refractivity contribution is -0.0493. The molecule has 3 heteroatoms. The Hall–Kier alpha value is -0.900. The molecule has 3 nitrogen and oxygen atoms in total. The minimum atomic E-state index is -0.519. The zero-order chi connectivity index (χ0) is 22.6. The maximum Gasteiger partial charge on any atom is 0.0661 e. The van der Waals surface area contributed by atoms with Crippen LogP contribution < -0.4 is 0 Å². The number of aliphatic hydroxyl groups is 3. The fraction of sp³-hybridized carbons (Fsp3) is 0.786. The fourth-order valence-corrected chi connectivity index (χ4v) is 7.68. The Kier molecular flexibility index (Phi) is 6.12. The fourth-order valence-electron chi connectivity index (χ4n) is 7.68. The minimum absolute atomic E-state index is 0.194. The van der Waals surface area contributed by atoms with Crippen molar-refractivity contribution in [1.29, 1.82) is 0 Å². The molecule has 3 N–H and O–H groups in total. The van der Waals surface area contributed by atoms with Crippen LogP contribution in [-0.2, 0) is 0 Å². The normalized spacial score (nSPS) is 40.8. The van der Waals surface area contributed by atoms with Crippen LogP contribution in [0.4, 0.5) is 0 Å². The van der Waals surface area contributed by atoms with Gasteiger partial charge in [-0.3, -0.25) is 0 Å². The molecule has 0 radical (unpaired) electrons. The highest BCUT2D eigenvalue weighted by Crippen LogP contribution is 2.64. The molecule has 0 spiro atoms. The van der Waals surface area contributed by atoms with E-state index in [1.165, 1.54) is 17.6 Å². The Morgan fingerprint density at radius 3 is 2.52 bits per heavy atom. The molecular weight excluding hydrogens is 384 g/mol. The van der Waals surface area contributed by atoms with Crippen LogP contribution in [0.3, 0.4) is 0 Å². The van der Waals surface area contributed by atoms with Gasteiger partial charge in [-0.2, -0.15) is 0 Å². The molecule has 4 rings (SSSR count). The predicted octanol–water partition coefficient (Wildman–Crippen LogP) is 5.70. The molecule has 4 aliphatic carbocycles. The molecule has 4 aliphatic rings. The number of hydrogen-bond acceptors (Lipinski definition) is 3. The maximum atomic E-state index is 11.0. The number of hydrogen-bond donors (Lipinski definition) is 3. The van der Waals surface area contributed by atoms with E-state index in [2.05, 4.69) is 52.8 Å². The van der Waals surface area contributed by atoms with Crippen LogP contribution in [0.5, 0.6) is 0 Å². The summed E-state index contributed by atoms with van der Waals surface area (Å²) in [7, 11) is 0. The summed E-state index contributed by atoms with van der Waals surface area (Å²) in [5, 5.41) is 32.0. The number of fused-ring (bicyclic) bond motifs is 5. The zero-order valence-corrected chi connectivity index (χ0v) is 20.3. The smallest absolute Gasteiger partial charge is 0.0661 e. The van der Waals surface area contributed by atoms with Crippen molar-refractivity contribution < 1.29 is 15.3 Å². The van der Waals surface area contributed by atoms with Gasteiger partial charge in [-0.15, -0.1) is 0 Å². The van der Waals surface area contributed by atoms with Crippen molar-refractivity contribution in [2.75, 3.05) is 0 Å². The van der Waals surface area contributed by atoms with Crippen LogP contribution in [0.15, 0.2) is 34.9 Å². The number of allylic oxidation sites excluding steroid dienone is 5. The van der Waals surface area contributed by atoms with E-state index < -0.39 is 17.8 Å². The van der Waals surface area contributed by atoms with Crippen LogP contribution in [0.25, 0.3) is 0 Å². The van der Waals surface area contributed by atoms with Gasteiger partial charge in [-0.05, 0) is 74.5 Å². The van der Waals surface area contributed by atoms with Gasteiger partial charge in [-0.25, -0.2) is 0 Å². The van der Waals surface area contributed by atoms with Crippen molar-refractivity contribution in [3.8, 4) is 0 Å². The summed E-state index contributed by atoms with van der Waals surface area (Å²) in [6.45, 7) is 11.3. The second-order valence-corrected chi connectivity index (χ2v) is 11.6. The Morgan fingerprint density at radius 2 is 1.84 bits per heavy atom. The van der Waals surface area contributed by atoms with Gasteiger partial charge in [0.2, 0.25) is 0 Å². The third-order valence-corrected chi connectivity index (χ3v) is 10.2. The lowest BCUT2D eigenvalue weighted by Crippen LogP contribution is -2.52. The first-order chi connectivity index (χ1) is 14.6. The van der Waals surface area contributed by atoms with Crippen LogP contribution in [-0.4, -0.2) is 33.1 Å². The zero-order valence-electron chi connectivity index (χ0n) is 20.3. The van der Waals surface area contributed by atoms with Crippen molar-refractivity contribution in [2.45, 2.75) is 110 Å². The highest BCUT2D eigenvalue weighted by atomic mass is 16.3. The van der Waals surface area contributed by atoms with Crippen LogP contribution >= 0.6 is 0 Å².